The van der Waals surface area contributed by atoms with Crippen LogP contribution in [0.15, 0.2) is 17.6 Å². The van der Waals surface area contributed by atoms with Gasteiger partial charge in [0.2, 0.25) is 0 Å². The SMILES string of the molecule is CCOC(=O)CCCNc1ccc2scnc2c1[N+](=O)[O-]. The fraction of sp³-hybridized carbons (Fsp3) is 0.385. The van der Waals surface area contributed by atoms with Gasteiger partial charge in [0, 0.05) is 13.0 Å². The first kappa shape index (κ1) is 15.2. The van der Waals surface area contributed by atoms with Gasteiger partial charge >= 0.3 is 11.7 Å². The molecule has 0 fully saturated rings. The Morgan fingerprint density at radius 1 is 1.52 bits per heavy atom. The van der Waals surface area contributed by atoms with Crippen molar-refractivity contribution in [2.45, 2.75) is 19.8 Å². The number of ether oxygens (including phenoxy) is 1. The highest BCUT2D eigenvalue weighted by Crippen LogP contribution is 2.34. The predicted molar refractivity (Wildman–Crippen MR) is 80.6 cm³/mol. The maximum Gasteiger partial charge on any atom is 0.319 e. The number of nitrogens with zero attached hydrogens (tertiary/aromatic N) is 2. The van der Waals surface area contributed by atoms with E-state index in [1.54, 1.807) is 24.6 Å². The smallest absolute Gasteiger partial charge is 0.319 e. The zero-order chi connectivity index (χ0) is 15.2. The molecule has 0 bridgehead atoms. The molecule has 112 valence electrons. The van der Waals surface area contributed by atoms with Crippen molar-refractivity contribution in [3.63, 3.8) is 0 Å². The van der Waals surface area contributed by atoms with Gasteiger partial charge in [0.05, 0.1) is 21.7 Å². The van der Waals surface area contributed by atoms with E-state index in [1.165, 1.54) is 11.3 Å². The average Bonchev–Trinajstić information content (AvgIpc) is 2.91. The van der Waals surface area contributed by atoms with Crippen molar-refractivity contribution in [3.8, 4) is 0 Å². The second-order valence-electron chi connectivity index (χ2n) is 4.25. The molecule has 2 rings (SSSR count). The third-order valence-corrected chi connectivity index (χ3v) is 3.63. The van der Waals surface area contributed by atoms with E-state index in [1.807, 2.05) is 0 Å². The molecule has 1 aromatic carbocycles. The maximum absolute atomic E-state index is 11.2. The molecule has 0 spiro atoms. The zero-order valence-corrected chi connectivity index (χ0v) is 12.3. The molecule has 7 nitrogen and oxygen atoms in total. The molecule has 0 aliphatic carbocycles. The van der Waals surface area contributed by atoms with E-state index in [9.17, 15) is 14.9 Å². The number of carbonyl (C=O) groups excluding carboxylic acids is 1. The van der Waals surface area contributed by atoms with Crippen LogP contribution in [0.2, 0.25) is 0 Å². The van der Waals surface area contributed by atoms with Gasteiger partial charge in [-0.1, -0.05) is 0 Å². The standard InChI is InChI=1S/C13H15N3O4S/c1-2-20-11(17)4-3-7-14-9-5-6-10-12(15-8-21-10)13(9)16(18)19/h5-6,8,14H,2-4,7H2,1H3. The average molecular weight is 309 g/mol. The Morgan fingerprint density at radius 2 is 2.33 bits per heavy atom. The second kappa shape index (κ2) is 6.98. The molecule has 1 aromatic heterocycles. The van der Waals surface area contributed by atoms with Gasteiger partial charge in [-0.05, 0) is 25.5 Å². The molecule has 1 heterocycles. The number of hydrogen-bond donors (Lipinski definition) is 1. The molecule has 1 N–H and O–H groups in total. The van der Waals surface area contributed by atoms with Crippen molar-refractivity contribution in [2.24, 2.45) is 0 Å². The predicted octanol–water partition coefficient (Wildman–Crippen LogP) is 2.96. The summed E-state index contributed by atoms with van der Waals surface area (Å²) in [5, 5.41) is 14.2. The van der Waals surface area contributed by atoms with Gasteiger partial charge in [-0.15, -0.1) is 11.3 Å². The van der Waals surface area contributed by atoms with E-state index < -0.39 is 4.92 Å². The lowest BCUT2D eigenvalue weighted by atomic mass is 10.2. The van der Waals surface area contributed by atoms with Crippen LogP contribution in [0.5, 0.6) is 0 Å². The number of rotatable bonds is 7. The summed E-state index contributed by atoms with van der Waals surface area (Å²) in [4.78, 5) is 26.0. The van der Waals surface area contributed by atoms with E-state index in [2.05, 4.69) is 10.3 Å². The number of hydrogen-bond acceptors (Lipinski definition) is 7. The third kappa shape index (κ3) is 3.66. The molecular formula is C13H15N3O4S. The van der Waals surface area contributed by atoms with Crippen LogP contribution < -0.4 is 5.32 Å². The molecule has 8 heteroatoms. The Kier molecular flexibility index (Phi) is 5.04. The number of nitro benzene ring substituents is 1. The number of nitro groups is 1. The number of anilines is 1. The van der Waals surface area contributed by atoms with Gasteiger partial charge in [0.1, 0.15) is 5.69 Å². The summed E-state index contributed by atoms with van der Waals surface area (Å²) in [6, 6.07) is 3.47. The first-order chi connectivity index (χ1) is 10.1. The minimum absolute atomic E-state index is 0.0233. The molecule has 0 atom stereocenters. The van der Waals surface area contributed by atoms with Gasteiger partial charge in [-0.3, -0.25) is 14.9 Å². The van der Waals surface area contributed by atoms with Gasteiger partial charge < -0.3 is 10.1 Å². The topological polar surface area (TPSA) is 94.4 Å². The minimum atomic E-state index is -0.435. The first-order valence-electron chi connectivity index (χ1n) is 6.53. The number of nitrogens with one attached hydrogen (secondary N) is 1. The molecule has 0 amide bonds. The lowest BCUT2D eigenvalue weighted by molar-refractivity contribution is -0.382. The Hall–Kier alpha value is -2.22. The van der Waals surface area contributed by atoms with Crippen molar-refractivity contribution in [1.82, 2.24) is 4.98 Å². The number of esters is 1. The van der Waals surface area contributed by atoms with E-state index in [4.69, 9.17) is 4.74 Å². The van der Waals surface area contributed by atoms with Crippen molar-refractivity contribution < 1.29 is 14.5 Å². The molecule has 0 saturated heterocycles. The Balaban J connectivity index is 2.03. The largest absolute Gasteiger partial charge is 0.466 e. The molecule has 2 aromatic rings. The van der Waals surface area contributed by atoms with E-state index in [-0.39, 0.29) is 18.1 Å². The summed E-state index contributed by atoms with van der Waals surface area (Å²) < 4.78 is 5.60. The van der Waals surface area contributed by atoms with Crippen LogP contribution in [0.3, 0.4) is 0 Å². The molecular weight excluding hydrogens is 294 g/mol. The van der Waals surface area contributed by atoms with E-state index in [0.29, 0.717) is 30.8 Å². The first-order valence-corrected chi connectivity index (χ1v) is 7.41. The number of fused-ring (bicyclic) bond motifs is 1. The Labute approximate surface area is 125 Å². The van der Waals surface area contributed by atoms with Crippen LogP contribution in [0.25, 0.3) is 10.2 Å². The fourth-order valence-electron chi connectivity index (χ4n) is 1.93. The number of benzene rings is 1. The molecule has 0 aliphatic heterocycles. The molecule has 0 aliphatic rings. The van der Waals surface area contributed by atoms with Gasteiger partial charge in [-0.25, -0.2) is 4.98 Å². The summed E-state index contributed by atoms with van der Waals surface area (Å²) in [5.41, 5.74) is 2.37. The highest BCUT2D eigenvalue weighted by molar-refractivity contribution is 7.16. The highest BCUT2D eigenvalue weighted by Gasteiger charge is 2.20. The van der Waals surface area contributed by atoms with Crippen LogP contribution in [-0.2, 0) is 9.53 Å². The molecule has 0 saturated carbocycles. The lowest BCUT2D eigenvalue weighted by Gasteiger charge is -2.07. The molecule has 0 unspecified atom stereocenters. The summed E-state index contributed by atoms with van der Waals surface area (Å²) in [6.45, 7) is 2.57. The number of carbonyl (C=O) groups is 1. The van der Waals surface area contributed by atoms with Crippen molar-refractivity contribution in [2.75, 3.05) is 18.5 Å². The van der Waals surface area contributed by atoms with Gasteiger partial charge in [-0.2, -0.15) is 0 Å². The number of aromatic nitrogens is 1. The van der Waals surface area contributed by atoms with Crippen LogP contribution in [0.1, 0.15) is 19.8 Å². The second-order valence-corrected chi connectivity index (χ2v) is 5.14. The van der Waals surface area contributed by atoms with Crippen molar-refractivity contribution >= 4 is 38.9 Å². The van der Waals surface area contributed by atoms with Crippen LogP contribution in [0, 0.1) is 10.1 Å². The summed E-state index contributed by atoms with van der Waals surface area (Å²) in [6.07, 6.45) is 0.832. The molecule has 0 radical (unpaired) electrons. The Bertz CT molecular complexity index is 656. The lowest BCUT2D eigenvalue weighted by Crippen LogP contribution is -2.09. The third-order valence-electron chi connectivity index (χ3n) is 2.84. The maximum atomic E-state index is 11.2. The van der Waals surface area contributed by atoms with Crippen LogP contribution >= 0.6 is 11.3 Å². The van der Waals surface area contributed by atoms with Gasteiger partial charge in [0.25, 0.3) is 0 Å². The van der Waals surface area contributed by atoms with Crippen molar-refractivity contribution in [1.29, 1.82) is 0 Å². The zero-order valence-electron chi connectivity index (χ0n) is 11.5. The quantitative estimate of drug-likeness (QED) is 0.366. The highest BCUT2D eigenvalue weighted by atomic mass is 32.1. The van der Waals surface area contributed by atoms with Crippen LogP contribution in [0.4, 0.5) is 11.4 Å². The van der Waals surface area contributed by atoms with E-state index >= 15 is 0 Å². The van der Waals surface area contributed by atoms with E-state index in [0.717, 1.165) is 4.70 Å². The van der Waals surface area contributed by atoms with Gasteiger partial charge in [0.15, 0.2) is 5.52 Å². The fourth-order valence-corrected chi connectivity index (χ4v) is 2.61. The normalized spacial score (nSPS) is 10.5. The summed E-state index contributed by atoms with van der Waals surface area (Å²) in [5.74, 6) is -0.260. The summed E-state index contributed by atoms with van der Waals surface area (Å²) >= 11 is 1.36. The summed E-state index contributed by atoms with van der Waals surface area (Å²) in [7, 11) is 0. The molecule has 21 heavy (non-hydrogen) atoms. The van der Waals surface area contributed by atoms with Crippen LogP contribution in [-0.4, -0.2) is 29.0 Å². The number of thiazole rings is 1. The monoisotopic (exact) mass is 309 g/mol. The van der Waals surface area contributed by atoms with Crippen molar-refractivity contribution in [3.05, 3.63) is 27.8 Å². The minimum Gasteiger partial charge on any atom is -0.466 e. The Morgan fingerprint density at radius 3 is 3.05 bits per heavy atom.